The molecule has 0 fully saturated rings. The minimum absolute atomic E-state index is 0.233. The van der Waals surface area contributed by atoms with Crippen molar-refractivity contribution < 1.29 is 8.42 Å². The highest BCUT2D eigenvalue weighted by atomic mass is 35.5. The van der Waals surface area contributed by atoms with Crippen LogP contribution in [-0.4, -0.2) is 28.6 Å². The Morgan fingerprint density at radius 1 is 1.31 bits per heavy atom. The van der Waals surface area contributed by atoms with Gasteiger partial charge in [0.1, 0.15) is 0 Å². The van der Waals surface area contributed by atoms with Gasteiger partial charge in [-0.25, -0.2) is 13.1 Å². The van der Waals surface area contributed by atoms with Crippen LogP contribution in [-0.2, 0) is 10.0 Å². The molecule has 0 aromatic heterocycles. The highest BCUT2D eigenvalue weighted by Crippen LogP contribution is 2.19. The monoisotopic (exact) mass is 262 g/mol. The highest BCUT2D eigenvalue weighted by molar-refractivity contribution is 7.89. The molecule has 0 atom stereocenters. The van der Waals surface area contributed by atoms with Gasteiger partial charge in [-0.2, -0.15) is 0 Å². The number of aryl methyl sites for hydroxylation is 1. The first-order chi connectivity index (χ1) is 7.47. The van der Waals surface area contributed by atoms with Crippen molar-refractivity contribution in [2.45, 2.75) is 11.8 Å². The summed E-state index contributed by atoms with van der Waals surface area (Å²) in [5.74, 6) is 0. The third-order valence-corrected chi connectivity index (χ3v) is 3.94. The van der Waals surface area contributed by atoms with E-state index in [0.717, 1.165) is 0 Å². The van der Waals surface area contributed by atoms with Gasteiger partial charge in [-0.05, 0) is 31.7 Å². The first-order valence-corrected chi connectivity index (χ1v) is 6.74. The number of nitrogens with one attached hydrogen (secondary N) is 2. The predicted octanol–water partition coefficient (Wildman–Crippen LogP) is 1.15. The van der Waals surface area contributed by atoms with Crippen molar-refractivity contribution >= 4 is 21.6 Å². The van der Waals surface area contributed by atoms with E-state index in [9.17, 15) is 8.42 Å². The van der Waals surface area contributed by atoms with Crippen molar-refractivity contribution in [1.29, 1.82) is 0 Å². The summed E-state index contributed by atoms with van der Waals surface area (Å²) in [6.45, 7) is 2.67. The van der Waals surface area contributed by atoms with Crippen molar-refractivity contribution in [2.24, 2.45) is 0 Å². The normalized spacial score (nSPS) is 11.7. The molecule has 0 radical (unpaired) electrons. The molecular weight excluding hydrogens is 248 g/mol. The van der Waals surface area contributed by atoms with Crippen LogP contribution < -0.4 is 10.0 Å². The molecule has 2 N–H and O–H groups in total. The lowest BCUT2D eigenvalue weighted by molar-refractivity contribution is 0.579. The minimum Gasteiger partial charge on any atom is -0.318 e. The lowest BCUT2D eigenvalue weighted by atomic mass is 10.2. The molecule has 0 unspecified atom stereocenters. The predicted molar refractivity (Wildman–Crippen MR) is 65.3 cm³/mol. The molecule has 0 saturated carbocycles. The molecule has 0 aliphatic rings. The zero-order chi connectivity index (χ0) is 12.2. The molecule has 1 rings (SSSR count). The molecule has 0 saturated heterocycles. The zero-order valence-corrected chi connectivity index (χ0v) is 10.8. The van der Waals surface area contributed by atoms with Crippen molar-refractivity contribution in [3.8, 4) is 0 Å². The Balaban J connectivity index is 2.93. The van der Waals surface area contributed by atoms with E-state index in [1.807, 2.05) is 0 Å². The molecule has 0 aliphatic carbocycles. The maximum absolute atomic E-state index is 11.9. The van der Waals surface area contributed by atoms with Crippen LogP contribution in [0.25, 0.3) is 0 Å². The van der Waals surface area contributed by atoms with Crippen LogP contribution in [0.15, 0.2) is 23.1 Å². The van der Waals surface area contributed by atoms with Crippen LogP contribution in [0.4, 0.5) is 0 Å². The van der Waals surface area contributed by atoms with Gasteiger partial charge in [-0.15, -0.1) is 0 Å². The summed E-state index contributed by atoms with van der Waals surface area (Å²) in [5.41, 5.74) is 0.682. The summed E-state index contributed by atoms with van der Waals surface area (Å²) in [4.78, 5) is 0.233. The van der Waals surface area contributed by atoms with E-state index in [1.165, 1.54) is 6.07 Å². The molecule has 4 nitrogen and oxygen atoms in total. The van der Waals surface area contributed by atoms with Gasteiger partial charge in [0.15, 0.2) is 0 Å². The Kier molecular flexibility index (Phi) is 4.73. The molecule has 16 heavy (non-hydrogen) atoms. The van der Waals surface area contributed by atoms with Gasteiger partial charge >= 0.3 is 0 Å². The number of sulfonamides is 1. The van der Waals surface area contributed by atoms with E-state index in [-0.39, 0.29) is 4.90 Å². The van der Waals surface area contributed by atoms with Crippen LogP contribution in [0.3, 0.4) is 0 Å². The van der Waals surface area contributed by atoms with E-state index in [0.29, 0.717) is 23.7 Å². The third kappa shape index (κ3) is 3.45. The summed E-state index contributed by atoms with van der Waals surface area (Å²) < 4.78 is 26.3. The molecule has 0 heterocycles. The zero-order valence-electron chi connectivity index (χ0n) is 9.25. The molecule has 0 bridgehead atoms. The first kappa shape index (κ1) is 13.4. The fraction of sp³-hybridized carbons (Fsp3) is 0.400. The fourth-order valence-corrected chi connectivity index (χ4v) is 2.79. The lowest BCUT2D eigenvalue weighted by Crippen LogP contribution is -2.30. The van der Waals surface area contributed by atoms with Gasteiger partial charge in [0.05, 0.1) is 4.90 Å². The minimum atomic E-state index is -3.46. The molecule has 90 valence electrons. The van der Waals surface area contributed by atoms with E-state index in [4.69, 9.17) is 11.6 Å². The second kappa shape index (κ2) is 5.63. The van der Waals surface area contributed by atoms with Gasteiger partial charge in [-0.1, -0.05) is 17.7 Å². The van der Waals surface area contributed by atoms with Gasteiger partial charge in [0.25, 0.3) is 0 Å². The Morgan fingerprint density at radius 3 is 2.62 bits per heavy atom. The summed E-state index contributed by atoms with van der Waals surface area (Å²) in [6, 6.07) is 4.82. The molecule has 1 aromatic rings. The largest absolute Gasteiger partial charge is 0.318 e. The Morgan fingerprint density at radius 2 is 2.00 bits per heavy atom. The van der Waals surface area contributed by atoms with Crippen molar-refractivity contribution in [2.75, 3.05) is 20.1 Å². The van der Waals surface area contributed by atoms with Crippen LogP contribution in [0.5, 0.6) is 0 Å². The van der Waals surface area contributed by atoms with E-state index in [2.05, 4.69) is 10.0 Å². The number of hydrogen-bond donors (Lipinski definition) is 2. The summed E-state index contributed by atoms with van der Waals surface area (Å²) in [5, 5.41) is 3.28. The standard InChI is InChI=1S/C10H15ClN2O2S/c1-8-3-4-9(11)7-10(8)16(14,15)13-6-5-12-2/h3-4,7,12-13H,5-6H2,1-2H3. The van der Waals surface area contributed by atoms with E-state index < -0.39 is 10.0 Å². The van der Waals surface area contributed by atoms with Gasteiger partial charge < -0.3 is 5.32 Å². The SMILES string of the molecule is CNCCNS(=O)(=O)c1cc(Cl)ccc1C. The molecule has 1 aromatic carbocycles. The van der Waals surface area contributed by atoms with Crippen LogP contribution in [0.2, 0.25) is 5.02 Å². The maximum Gasteiger partial charge on any atom is 0.240 e. The Bertz CT molecular complexity index is 460. The van der Waals surface area contributed by atoms with Gasteiger partial charge in [0, 0.05) is 18.1 Å². The molecule has 0 amide bonds. The number of likely N-dealkylation sites (N-methyl/N-ethyl adjacent to an activating group) is 1. The number of benzene rings is 1. The van der Waals surface area contributed by atoms with Crippen molar-refractivity contribution in [3.05, 3.63) is 28.8 Å². The molecule has 0 spiro atoms. The van der Waals surface area contributed by atoms with Crippen LogP contribution in [0, 0.1) is 6.92 Å². The molecular formula is C10H15ClN2O2S. The third-order valence-electron chi connectivity index (χ3n) is 2.11. The lowest BCUT2D eigenvalue weighted by Gasteiger charge is -2.09. The molecule has 0 aliphatic heterocycles. The van der Waals surface area contributed by atoms with Crippen molar-refractivity contribution in [3.63, 3.8) is 0 Å². The second-order valence-electron chi connectivity index (χ2n) is 3.41. The summed E-state index contributed by atoms with van der Waals surface area (Å²) in [7, 11) is -1.70. The van der Waals surface area contributed by atoms with E-state index >= 15 is 0 Å². The maximum atomic E-state index is 11.9. The van der Waals surface area contributed by atoms with Crippen molar-refractivity contribution in [1.82, 2.24) is 10.0 Å². The van der Waals surface area contributed by atoms with E-state index in [1.54, 1.807) is 26.1 Å². The number of halogens is 1. The summed E-state index contributed by atoms with van der Waals surface area (Å²) >= 11 is 5.78. The van der Waals surface area contributed by atoms with Gasteiger partial charge in [-0.3, -0.25) is 0 Å². The fourth-order valence-electron chi connectivity index (χ4n) is 1.25. The number of hydrogen-bond acceptors (Lipinski definition) is 3. The quantitative estimate of drug-likeness (QED) is 0.783. The van der Waals surface area contributed by atoms with Gasteiger partial charge in [0.2, 0.25) is 10.0 Å². The molecule has 6 heteroatoms. The average Bonchev–Trinajstić information content (AvgIpc) is 2.22. The topological polar surface area (TPSA) is 58.2 Å². The Labute approximate surface area is 101 Å². The highest BCUT2D eigenvalue weighted by Gasteiger charge is 2.16. The van der Waals surface area contributed by atoms with Crippen LogP contribution >= 0.6 is 11.6 Å². The Hall–Kier alpha value is -0.620. The smallest absolute Gasteiger partial charge is 0.240 e. The number of rotatable bonds is 5. The summed E-state index contributed by atoms with van der Waals surface area (Å²) in [6.07, 6.45) is 0. The van der Waals surface area contributed by atoms with Crippen LogP contribution in [0.1, 0.15) is 5.56 Å². The first-order valence-electron chi connectivity index (χ1n) is 4.88. The second-order valence-corrected chi connectivity index (χ2v) is 5.58. The average molecular weight is 263 g/mol.